The molecule has 0 unspecified atom stereocenters. The Labute approximate surface area is 101 Å². The number of benzene rings is 1. The second kappa shape index (κ2) is 7.60. The molecule has 2 nitrogen and oxygen atoms in total. The normalized spacial score (nSPS) is 10.7. The van der Waals surface area contributed by atoms with Crippen molar-refractivity contribution in [3.63, 3.8) is 0 Å². The molecule has 0 radical (unpaired) electrons. The Morgan fingerprint density at radius 1 is 1.38 bits per heavy atom. The molecular weight excluding hydrogens is 229 g/mol. The van der Waals surface area contributed by atoms with Crippen LogP contribution in [0.1, 0.15) is 18.4 Å². The van der Waals surface area contributed by atoms with Gasteiger partial charge in [-0.15, -0.1) is 0 Å². The molecule has 1 aromatic carbocycles. The lowest BCUT2D eigenvalue weighted by Crippen LogP contribution is -2.15. The van der Waals surface area contributed by atoms with Crippen LogP contribution in [0.4, 0.5) is 4.39 Å². The maximum atomic E-state index is 13.1. The fraction of sp³-hybridized carbons (Fsp3) is 0.500. The fourth-order valence-electron chi connectivity index (χ4n) is 1.40. The Balaban J connectivity index is 2.24. The van der Waals surface area contributed by atoms with Crippen LogP contribution >= 0.6 is 11.6 Å². The molecule has 0 aromatic heterocycles. The average Bonchev–Trinajstić information content (AvgIpc) is 2.29. The molecule has 90 valence electrons. The summed E-state index contributed by atoms with van der Waals surface area (Å²) in [5, 5.41) is 3.44. The van der Waals surface area contributed by atoms with Gasteiger partial charge in [0, 0.05) is 20.3 Å². The SMILES string of the molecule is COCCCCNCc1cccc(F)c1Cl. The largest absolute Gasteiger partial charge is 0.385 e. The molecular formula is C12H17ClFNO. The molecule has 4 heteroatoms. The third-order valence-corrected chi connectivity index (χ3v) is 2.72. The quantitative estimate of drug-likeness (QED) is 0.746. The van der Waals surface area contributed by atoms with Crippen molar-refractivity contribution in [3.05, 3.63) is 34.6 Å². The smallest absolute Gasteiger partial charge is 0.142 e. The highest BCUT2D eigenvalue weighted by Gasteiger charge is 2.04. The number of nitrogens with one attached hydrogen (secondary N) is 1. The topological polar surface area (TPSA) is 21.3 Å². The van der Waals surface area contributed by atoms with Gasteiger partial charge in [-0.1, -0.05) is 23.7 Å². The number of rotatable bonds is 7. The summed E-state index contributed by atoms with van der Waals surface area (Å²) in [6, 6.07) is 4.86. The molecule has 0 bridgehead atoms. The molecule has 16 heavy (non-hydrogen) atoms. The van der Waals surface area contributed by atoms with E-state index in [1.165, 1.54) is 6.07 Å². The zero-order valence-electron chi connectivity index (χ0n) is 9.43. The average molecular weight is 246 g/mol. The molecule has 0 saturated carbocycles. The Morgan fingerprint density at radius 3 is 2.94 bits per heavy atom. The van der Waals surface area contributed by atoms with Crippen molar-refractivity contribution >= 4 is 11.6 Å². The van der Waals surface area contributed by atoms with Crippen LogP contribution < -0.4 is 5.32 Å². The van der Waals surface area contributed by atoms with E-state index in [2.05, 4.69) is 5.32 Å². The Morgan fingerprint density at radius 2 is 2.19 bits per heavy atom. The minimum absolute atomic E-state index is 0.215. The molecule has 0 atom stereocenters. The summed E-state index contributed by atoms with van der Waals surface area (Å²) in [7, 11) is 1.69. The molecule has 0 aliphatic heterocycles. The van der Waals surface area contributed by atoms with E-state index < -0.39 is 0 Å². The Bertz CT molecular complexity index is 320. The van der Waals surface area contributed by atoms with E-state index in [9.17, 15) is 4.39 Å². The third kappa shape index (κ3) is 4.47. The highest BCUT2D eigenvalue weighted by atomic mass is 35.5. The van der Waals surface area contributed by atoms with Crippen molar-refractivity contribution in [2.24, 2.45) is 0 Å². The molecule has 1 aromatic rings. The highest BCUT2D eigenvalue weighted by Crippen LogP contribution is 2.19. The van der Waals surface area contributed by atoms with Gasteiger partial charge in [0.25, 0.3) is 0 Å². The van der Waals surface area contributed by atoms with Crippen molar-refractivity contribution in [2.75, 3.05) is 20.3 Å². The predicted octanol–water partition coefficient (Wildman–Crippen LogP) is 3.00. The van der Waals surface area contributed by atoms with Crippen LogP contribution in [-0.2, 0) is 11.3 Å². The molecule has 0 amide bonds. The van der Waals surface area contributed by atoms with E-state index in [0.29, 0.717) is 6.54 Å². The zero-order chi connectivity index (χ0) is 11.8. The van der Waals surface area contributed by atoms with Gasteiger partial charge in [-0.2, -0.15) is 0 Å². The molecule has 0 saturated heterocycles. The van der Waals surface area contributed by atoms with Gasteiger partial charge in [0.05, 0.1) is 5.02 Å². The maximum Gasteiger partial charge on any atom is 0.142 e. The standard InChI is InChI=1S/C12H17ClFNO/c1-16-8-3-2-7-15-9-10-5-4-6-11(14)12(10)13/h4-6,15H,2-3,7-9H2,1H3. The Hall–Kier alpha value is -0.640. The van der Waals surface area contributed by atoms with Gasteiger partial charge < -0.3 is 10.1 Å². The number of methoxy groups -OCH3 is 1. The lowest BCUT2D eigenvalue weighted by Gasteiger charge is -2.07. The van der Waals surface area contributed by atoms with Crippen molar-refractivity contribution in [2.45, 2.75) is 19.4 Å². The van der Waals surface area contributed by atoms with Crippen LogP contribution in [0.3, 0.4) is 0 Å². The second-order valence-electron chi connectivity index (χ2n) is 3.59. The molecule has 0 aliphatic rings. The van der Waals surface area contributed by atoms with Crippen LogP contribution in [-0.4, -0.2) is 20.3 Å². The first-order valence-corrected chi connectivity index (χ1v) is 5.76. The molecule has 0 heterocycles. The second-order valence-corrected chi connectivity index (χ2v) is 3.97. The van der Waals surface area contributed by atoms with Gasteiger partial charge in [-0.3, -0.25) is 0 Å². The molecule has 0 aliphatic carbocycles. The van der Waals surface area contributed by atoms with Gasteiger partial charge in [-0.05, 0) is 31.0 Å². The lowest BCUT2D eigenvalue weighted by molar-refractivity contribution is 0.192. The van der Waals surface area contributed by atoms with E-state index in [4.69, 9.17) is 16.3 Å². The molecule has 1 N–H and O–H groups in total. The first kappa shape index (κ1) is 13.4. The predicted molar refractivity (Wildman–Crippen MR) is 64.2 cm³/mol. The van der Waals surface area contributed by atoms with E-state index in [0.717, 1.165) is 31.6 Å². The van der Waals surface area contributed by atoms with Crippen molar-refractivity contribution in [1.82, 2.24) is 5.32 Å². The summed E-state index contributed by atoms with van der Waals surface area (Å²) >= 11 is 5.82. The van der Waals surface area contributed by atoms with E-state index >= 15 is 0 Å². The number of unbranched alkanes of at least 4 members (excludes halogenated alkanes) is 1. The zero-order valence-corrected chi connectivity index (χ0v) is 10.2. The maximum absolute atomic E-state index is 13.1. The summed E-state index contributed by atoms with van der Waals surface area (Å²) < 4.78 is 18.0. The number of hydrogen-bond donors (Lipinski definition) is 1. The van der Waals surface area contributed by atoms with Crippen molar-refractivity contribution in [1.29, 1.82) is 0 Å². The number of halogens is 2. The van der Waals surface area contributed by atoms with E-state index in [-0.39, 0.29) is 10.8 Å². The van der Waals surface area contributed by atoms with Gasteiger partial charge in [0.2, 0.25) is 0 Å². The van der Waals surface area contributed by atoms with Crippen LogP contribution in [0.25, 0.3) is 0 Å². The van der Waals surface area contributed by atoms with Crippen molar-refractivity contribution < 1.29 is 9.13 Å². The summed E-state index contributed by atoms with van der Waals surface area (Å²) in [6.45, 7) is 2.27. The summed E-state index contributed by atoms with van der Waals surface area (Å²) in [5.74, 6) is -0.361. The monoisotopic (exact) mass is 245 g/mol. The first-order chi connectivity index (χ1) is 7.75. The minimum Gasteiger partial charge on any atom is -0.385 e. The summed E-state index contributed by atoms with van der Waals surface area (Å²) in [4.78, 5) is 0. The summed E-state index contributed by atoms with van der Waals surface area (Å²) in [5.41, 5.74) is 0.799. The van der Waals surface area contributed by atoms with Crippen LogP contribution in [0.2, 0.25) is 5.02 Å². The number of ether oxygens (including phenoxy) is 1. The lowest BCUT2D eigenvalue weighted by atomic mass is 10.2. The van der Waals surface area contributed by atoms with Crippen LogP contribution in [0, 0.1) is 5.82 Å². The molecule has 0 spiro atoms. The van der Waals surface area contributed by atoms with E-state index in [1.807, 2.05) is 6.07 Å². The van der Waals surface area contributed by atoms with Crippen molar-refractivity contribution in [3.8, 4) is 0 Å². The van der Waals surface area contributed by atoms with Gasteiger partial charge in [-0.25, -0.2) is 4.39 Å². The molecule has 1 rings (SSSR count). The number of hydrogen-bond acceptors (Lipinski definition) is 2. The third-order valence-electron chi connectivity index (χ3n) is 2.30. The minimum atomic E-state index is -0.361. The summed E-state index contributed by atoms with van der Waals surface area (Å²) in [6.07, 6.45) is 2.07. The van der Waals surface area contributed by atoms with E-state index in [1.54, 1.807) is 13.2 Å². The van der Waals surface area contributed by atoms with Gasteiger partial charge in [0.15, 0.2) is 0 Å². The van der Waals surface area contributed by atoms with Gasteiger partial charge >= 0.3 is 0 Å². The first-order valence-electron chi connectivity index (χ1n) is 5.38. The van der Waals surface area contributed by atoms with Gasteiger partial charge in [0.1, 0.15) is 5.82 Å². The van der Waals surface area contributed by atoms with Crippen LogP contribution in [0.5, 0.6) is 0 Å². The highest BCUT2D eigenvalue weighted by molar-refractivity contribution is 6.31. The molecule has 0 fully saturated rings. The Kier molecular flexibility index (Phi) is 6.38. The fourth-order valence-corrected chi connectivity index (χ4v) is 1.60. The van der Waals surface area contributed by atoms with Crippen LogP contribution in [0.15, 0.2) is 18.2 Å².